The number of carbonyl (C=O) groups is 1. The average molecular weight is 318 g/mol. The molecule has 2 nitrogen and oxygen atoms in total. The van der Waals surface area contributed by atoms with Crippen LogP contribution in [0.1, 0.15) is 78.6 Å². The molecule has 4 rings (SSSR count). The van der Waals surface area contributed by atoms with Crippen molar-refractivity contribution in [3.05, 3.63) is 0 Å². The summed E-state index contributed by atoms with van der Waals surface area (Å²) in [7, 11) is 0. The molecule has 1 amide bonds. The Kier molecular flexibility index (Phi) is 3.81. The zero-order valence-corrected chi connectivity index (χ0v) is 15.4. The van der Waals surface area contributed by atoms with Gasteiger partial charge in [-0.1, -0.05) is 33.6 Å². The first-order chi connectivity index (χ1) is 11.0. The molecular weight excluding hydrogens is 282 g/mol. The largest absolute Gasteiger partial charge is 0.342 e. The normalized spacial score (nSPS) is 52.0. The standard InChI is InChI=1S/C21H35NO/c1-4-5-15-6-8-17-16-7-9-19-21(3,12-13-22(19)14-23)18(16)10-11-20(15,17)2/h14-19H,4-13H2,1-3H3. The van der Waals surface area contributed by atoms with Crippen LogP contribution < -0.4 is 0 Å². The summed E-state index contributed by atoms with van der Waals surface area (Å²) >= 11 is 0. The van der Waals surface area contributed by atoms with E-state index in [1.165, 1.54) is 57.8 Å². The summed E-state index contributed by atoms with van der Waals surface area (Å²) in [6.07, 6.45) is 13.7. The Morgan fingerprint density at radius 3 is 2.52 bits per heavy atom. The van der Waals surface area contributed by atoms with E-state index in [1.807, 2.05) is 0 Å². The van der Waals surface area contributed by atoms with Gasteiger partial charge in [0.15, 0.2) is 0 Å². The summed E-state index contributed by atoms with van der Waals surface area (Å²) in [6.45, 7) is 8.54. The third kappa shape index (κ3) is 2.09. The van der Waals surface area contributed by atoms with Crippen molar-refractivity contribution < 1.29 is 4.79 Å². The fraction of sp³-hybridized carbons (Fsp3) is 0.952. The smallest absolute Gasteiger partial charge is 0.209 e. The van der Waals surface area contributed by atoms with E-state index in [0.717, 1.165) is 36.6 Å². The van der Waals surface area contributed by atoms with Crippen LogP contribution in [-0.2, 0) is 4.79 Å². The van der Waals surface area contributed by atoms with Crippen molar-refractivity contribution in [3.63, 3.8) is 0 Å². The van der Waals surface area contributed by atoms with E-state index in [0.29, 0.717) is 16.9 Å². The Hall–Kier alpha value is -0.530. The van der Waals surface area contributed by atoms with Crippen LogP contribution in [0, 0.1) is 34.5 Å². The fourth-order valence-electron chi connectivity index (χ4n) is 7.92. The van der Waals surface area contributed by atoms with Crippen LogP contribution in [0.15, 0.2) is 0 Å². The summed E-state index contributed by atoms with van der Waals surface area (Å²) in [5.74, 6) is 3.79. The third-order valence-corrected chi connectivity index (χ3v) is 9.10. The van der Waals surface area contributed by atoms with Gasteiger partial charge in [-0.2, -0.15) is 0 Å². The molecule has 23 heavy (non-hydrogen) atoms. The lowest BCUT2D eigenvalue weighted by Gasteiger charge is -2.57. The van der Waals surface area contributed by atoms with Gasteiger partial charge in [0.05, 0.1) is 0 Å². The Labute approximate surface area is 142 Å². The number of rotatable bonds is 3. The summed E-state index contributed by atoms with van der Waals surface area (Å²) in [5.41, 5.74) is 1.04. The lowest BCUT2D eigenvalue weighted by Crippen LogP contribution is -2.54. The maximum atomic E-state index is 11.4. The molecule has 3 aliphatic carbocycles. The van der Waals surface area contributed by atoms with Crippen molar-refractivity contribution in [2.24, 2.45) is 34.5 Å². The van der Waals surface area contributed by atoms with Crippen molar-refractivity contribution in [1.82, 2.24) is 4.90 Å². The zero-order chi connectivity index (χ0) is 16.2. The van der Waals surface area contributed by atoms with E-state index in [1.54, 1.807) is 0 Å². The second kappa shape index (κ2) is 5.49. The predicted molar refractivity (Wildman–Crippen MR) is 94.0 cm³/mol. The number of likely N-dealkylation sites (tertiary alicyclic amines) is 1. The van der Waals surface area contributed by atoms with Crippen LogP contribution in [-0.4, -0.2) is 23.9 Å². The first kappa shape index (κ1) is 16.0. The summed E-state index contributed by atoms with van der Waals surface area (Å²) in [5, 5.41) is 0. The zero-order valence-electron chi connectivity index (χ0n) is 15.4. The van der Waals surface area contributed by atoms with Gasteiger partial charge >= 0.3 is 0 Å². The molecule has 0 spiro atoms. The van der Waals surface area contributed by atoms with E-state index in [4.69, 9.17) is 0 Å². The second-order valence-electron chi connectivity index (χ2n) is 9.68. The molecule has 7 unspecified atom stereocenters. The Bertz CT molecular complexity index is 476. The first-order valence-corrected chi connectivity index (χ1v) is 10.3. The Balaban J connectivity index is 1.60. The highest BCUT2D eigenvalue weighted by Crippen LogP contribution is 2.66. The van der Waals surface area contributed by atoms with Crippen molar-refractivity contribution in [1.29, 1.82) is 0 Å². The van der Waals surface area contributed by atoms with Crippen molar-refractivity contribution >= 4 is 6.41 Å². The minimum Gasteiger partial charge on any atom is -0.342 e. The molecule has 7 atom stereocenters. The highest BCUT2D eigenvalue weighted by Gasteiger charge is 2.61. The van der Waals surface area contributed by atoms with Crippen LogP contribution in [0.5, 0.6) is 0 Å². The quantitative estimate of drug-likeness (QED) is 0.680. The minimum absolute atomic E-state index is 0.411. The molecule has 0 N–H and O–H groups in total. The monoisotopic (exact) mass is 317 g/mol. The summed E-state index contributed by atoms with van der Waals surface area (Å²) < 4.78 is 0. The molecule has 4 aliphatic rings. The highest BCUT2D eigenvalue weighted by atomic mass is 16.1. The number of amides is 1. The molecule has 0 radical (unpaired) electrons. The van der Waals surface area contributed by atoms with E-state index < -0.39 is 0 Å². The van der Waals surface area contributed by atoms with Crippen LogP contribution >= 0.6 is 0 Å². The molecule has 0 aromatic carbocycles. The molecule has 1 aliphatic heterocycles. The molecule has 130 valence electrons. The van der Waals surface area contributed by atoms with Gasteiger partial charge < -0.3 is 4.90 Å². The third-order valence-electron chi connectivity index (χ3n) is 9.10. The SMILES string of the molecule is CCCC1CCC2C3CCC4N(C=O)CCC4(C)C3CCC12C. The maximum Gasteiger partial charge on any atom is 0.209 e. The van der Waals surface area contributed by atoms with Gasteiger partial charge in [0.2, 0.25) is 6.41 Å². The van der Waals surface area contributed by atoms with Crippen LogP contribution in [0.25, 0.3) is 0 Å². The van der Waals surface area contributed by atoms with Crippen molar-refractivity contribution in [3.8, 4) is 0 Å². The average Bonchev–Trinajstić information content (AvgIpc) is 3.05. The first-order valence-electron chi connectivity index (χ1n) is 10.3. The molecule has 4 fully saturated rings. The molecule has 0 bridgehead atoms. The molecule has 1 heterocycles. The molecule has 1 saturated heterocycles. The van der Waals surface area contributed by atoms with Gasteiger partial charge in [-0.25, -0.2) is 0 Å². The molecule has 3 saturated carbocycles. The number of hydrogen-bond donors (Lipinski definition) is 0. The van der Waals surface area contributed by atoms with Crippen LogP contribution in [0.4, 0.5) is 0 Å². The van der Waals surface area contributed by atoms with Gasteiger partial charge in [0.25, 0.3) is 0 Å². The van der Waals surface area contributed by atoms with E-state index in [2.05, 4.69) is 25.7 Å². The minimum atomic E-state index is 0.411. The summed E-state index contributed by atoms with van der Waals surface area (Å²) in [4.78, 5) is 13.6. The van der Waals surface area contributed by atoms with Crippen LogP contribution in [0.2, 0.25) is 0 Å². The van der Waals surface area contributed by atoms with Crippen LogP contribution in [0.3, 0.4) is 0 Å². The van der Waals surface area contributed by atoms with E-state index >= 15 is 0 Å². The van der Waals surface area contributed by atoms with Gasteiger partial charge in [-0.05, 0) is 79.4 Å². The second-order valence-corrected chi connectivity index (χ2v) is 9.68. The van der Waals surface area contributed by atoms with Gasteiger partial charge in [0.1, 0.15) is 0 Å². The van der Waals surface area contributed by atoms with Gasteiger partial charge in [-0.15, -0.1) is 0 Å². The predicted octanol–water partition coefficient (Wildman–Crippen LogP) is 4.88. The van der Waals surface area contributed by atoms with Crippen molar-refractivity contribution in [2.45, 2.75) is 84.6 Å². The Morgan fingerprint density at radius 1 is 1.00 bits per heavy atom. The highest BCUT2D eigenvalue weighted by molar-refractivity contribution is 5.49. The fourth-order valence-corrected chi connectivity index (χ4v) is 7.92. The number of fused-ring (bicyclic) bond motifs is 5. The van der Waals surface area contributed by atoms with E-state index in [-0.39, 0.29) is 0 Å². The molecular formula is C21H35NO. The van der Waals surface area contributed by atoms with Gasteiger partial charge in [-0.3, -0.25) is 4.79 Å². The maximum absolute atomic E-state index is 11.4. The lowest BCUT2D eigenvalue weighted by atomic mass is 9.48. The Morgan fingerprint density at radius 2 is 1.78 bits per heavy atom. The molecule has 2 heteroatoms. The number of carbonyl (C=O) groups excluding carboxylic acids is 1. The molecule has 0 aromatic rings. The summed E-state index contributed by atoms with van der Waals surface area (Å²) in [6, 6.07) is 0.540. The topological polar surface area (TPSA) is 20.3 Å². The van der Waals surface area contributed by atoms with Crippen molar-refractivity contribution in [2.75, 3.05) is 6.54 Å². The molecule has 0 aromatic heterocycles. The van der Waals surface area contributed by atoms with Gasteiger partial charge in [0, 0.05) is 12.6 Å². The number of nitrogens with zero attached hydrogens (tertiary/aromatic N) is 1. The van der Waals surface area contributed by atoms with E-state index in [9.17, 15) is 4.79 Å². The lowest BCUT2D eigenvalue weighted by molar-refractivity contribution is -0.125. The number of hydrogen-bond acceptors (Lipinski definition) is 1.